The number of hydrogen-bond donors (Lipinski definition) is 2. The fraction of sp³-hybridized carbons (Fsp3) is 0.200. The van der Waals surface area contributed by atoms with Crippen LogP contribution in [0.5, 0.6) is 0 Å². The van der Waals surface area contributed by atoms with Gasteiger partial charge in [-0.25, -0.2) is 4.98 Å². The van der Waals surface area contributed by atoms with Gasteiger partial charge in [-0.05, 0) is 55.3 Å². The van der Waals surface area contributed by atoms with Crippen molar-refractivity contribution in [3.05, 3.63) is 77.9 Å². The Morgan fingerprint density at radius 2 is 2.11 bits per heavy atom. The van der Waals surface area contributed by atoms with Gasteiger partial charge >= 0.3 is 0 Å². The monoisotopic (exact) mass is 503 g/mol. The molecule has 1 aliphatic rings. The van der Waals surface area contributed by atoms with Crippen molar-refractivity contribution in [2.24, 2.45) is 0 Å². The maximum absolute atomic E-state index is 12.8. The first-order valence-electron chi connectivity index (χ1n) is 11.3. The molecule has 0 saturated carbocycles. The zero-order chi connectivity index (χ0) is 25.1. The van der Waals surface area contributed by atoms with Gasteiger partial charge in [0.25, 0.3) is 5.91 Å². The van der Waals surface area contributed by atoms with E-state index in [9.17, 15) is 9.59 Å². The van der Waals surface area contributed by atoms with E-state index in [4.69, 9.17) is 16.1 Å². The summed E-state index contributed by atoms with van der Waals surface area (Å²) in [5, 5.41) is 13.9. The number of piperidine rings is 1. The number of rotatable bonds is 6. The fourth-order valence-corrected chi connectivity index (χ4v) is 4.31. The topological polar surface area (TPSA) is 130 Å². The van der Waals surface area contributed by atoms with E-state index in [1.807, 2.05) is 0 Å². The molecule has 11 heteroatoms. The SMILES string of the molecule is C=CC(=O)N1CCC[C@H](c2nc(-c3ccc(NC(=O)c4cccc(-c5ccn[nH]5)n4)c(Cl)c3)no2)C1. The largest absolute Gasteiger partial charge is 0.339 e. The van der Waals surface area contributed by atoms with Gasteiger partial charge in [0.1, 0.15) is 5.69 Å². The summed E-state index contributed by atoms with van der Waals surface area (Å²) < 4.78 is 5.50. The van der Waals surface area contributed by atoms with Crippen LogP contribution in [0.2, 0.25) is 5.02 Å². The second-order valence-corrected chi connectivity index (χ2v) is 8.72. The van der Waals surface area contributed by atoms with Crippen LogP contribution < -0.4 is 5.32 Å². The number of hydrogen-bond acceptors (Lipinski definition) is 7. The summed E-state index contributed by atoms with van der Waals surface area (Å²) in [6.45, 7) is 4.75. The lowest BCUT2D eigenvalue weighted by Gasteiger charge is -2.30. The molecule has 1 aliphatic heterocycles. The molecule has 2 N–H and O–H groups in total. The van der Waals surface area contributed by atoms with Crippen molar-refractivity contribution in [1.82, 2.24) is 30.2 Å². The minimum atomic E-state index is -0.399. The second kappa shape index (κ2) is 10.1. The minimum Gasteiger partial charge on any atom is -0.339 e. The molecule has 4 aromatic rings. The van der Waals surface area contributed by atoms with Crippen molar-refractivity contribution in [3.63, 3.8) is 0 Å². The molecule has 1 fully saturated rings. The van der Waals surface area contributed by atoms with E-state index in [0.29, 0.717) is 52.5 Å². The van der Waals surface area contributed by atoms with Gasteiger partial charge in [0.2, 0.25) is 17.6 Å². The lowest BCUT2D eigenvalue weighted by molar-refractivity contribution is -0.127. The third-order valence-electron chi connectivity index (χ3n) is 5.93. The van der Waals surface area contributed by atoms with Gasteiger partial charge in [0, 0.05) is 24.8 Å². The smallest absolute Gasteiger partial charge is 0.274 e. The molecule has 1 atom stereocenters. The molecule has 1 saturated heterocycles. The maximum atomic E-state index is 12.8. The van der Waals surface area contributed by atoms with Crippen LogP contribution in [0, 0.1) is 0 Å². The Balaban J connectivity index is 1.29. The number of pyridine rings is 1. The number of H-pyrrole nitrogens is 1. The van der Waals surface area contributed by atoms with E-state index >= 15 is 0 Å². The molecule has 0 bridgehead atoms. The lowest BCUT2D eigenvalue weighted by atomic mass is 9.98. The van der Waals surface area contributed by atoms with E-state index in [1.165, 1.54) is 6.08 Å². The summed E-state index contributed by atoms with van der Waals surface area (Å²) in [6, 6.07) is 12.0. The highest BCUT2D eigenvalue weighted by Gasteiger charge is 2.28. The van der Waals surface area contributed by atoms with Crippen LogP contribution in [0.15, 0.2) is 65.8 Å². The molecule has 2 amide bonds. The van der Waals surface area contributed by atoms with Crippen molar-refractivity contribution < 1.29 is 14.1 Å². The second-order valence-electron chi connectivity index (χ2n) is 8.31. The molecular weight excluding hydrogens is 482 g/mol. The molecule has 3 aromatic heterocycles. The fourth-order valence-electron chi connectivity index (χ4n) is 4.08. The molecule has 5 rings (SSSR count). The third-order valence-corrected chi connectivity index (χ3v) is 6.25. The highest BCUT2D eigenvalue weighted by molar-refractivity contribution is 6.34. The maximum Gasteiger partial charge on any atom is 0.274 e. The van der Waals surface area contributed by atoms with Crippen LogP contribution in [0.25, 0.3) is 22.8 Å². The molecule has 0 radical (unpaired) electrons. The highest BCUT2D eigenvalue weighted by atomic mass is 35.5. The van der Waals surface area contributed by atoms with Crippen LogP contribution in [0.1, 0.15) is 35.1 Å². The van der Waals surface area contributed by atoms with Crippen LogP contribution in [-0.4, -0.2) is 55.1 Å². The number of amides is 2. The van der Waals surface area contributed by atoms with Crippen molar-refractivity contribution in [2.75, 3.05) is 18.4 Å². The molecule has 10 nitrogen and oxygen atoms in total. The summed E-state index contributed by atoms with van der Waals surface area (Å²) in [5.74, 6) is 0.313. The first-order chi connectivity index (χ1) is 17.5. The van der Waals surface area contributed by atoms with Gasteiger partial charge in [-0.3, -0.25) is 14.7 Å². The average molecular weight is 504 g/mol. The Kier molecular flexibility index (Phi) is 6.59. The van der Waals surface area contributed by atoms with Gasteiger partial charge in [-0.15, -0.1) is 0 Å². The van der Waals surface area contributed by atoms with Crippen LogP contribution in [0.3, 0.4) is 0 Å². The molecule has 0 aliphatic carbocycles. The lowest BCUT2D eigenvalue weighted by Crippen LogP contribution is -2.38. The van der Waals surface area contributed by atoms with Crippen molar-refractivity contribution in [3.8, 4) is 22.8 Å². The number of benzene rings is 1. The molecule has 0 unspecified atom stereocenters. The van der Waals surface area contributed by atoms with Crippen molar-refractivity contribution >= 4 is 29.1 Å². The normalized spacial score (nSPS) is 15.5. The predicted octanol–water partition coefficient (Wildman–Crippen LogP) is 4.32. The Morgan fingerprint density at radius 1 is 1.22 bits per heavy atom. The van der Waals surface area contributed by atoms with Crippen LogP contribution in [-0.2, 0) is 4.79 Å². The molecule has 182 valence electrons. The van der Waals surface area contributed by atoms with Crippen molar-refractivity contribution in [2.45, 2.75) is 18.8 Å². The first kappa shape index (κ1) is 23.4. The summed E-state index contributed by atoms with van der Waals surface area (Å²) in [5.41, 5.74) is 2.61. The van der Waals surface area contributed by atoms with E-state index in [-0.39, 0.29) is 17.5 Å². The summed E-state index contributed by atoms with van der Waals surface area (Å²) in [4.78, 5) is 35.4. The zero-order valence-corrected chi connectivity index (χ0v) is 19.9. The standard InChI is InChI=1S/C25H22ClN7O3/c1-2-22(34)33-12-4-5-16(14-33)25-30-23(32-36-25)15-8-9-18(17(26)13-15)29-24(35)21-7-3-6-19(28-21)20-10-11-27-31-20/h2-3,6-11,13,16H,1,4-5,12,14H2,(H,27,31)(H,29,35)/t16-/m0/s1. The van der Waals surface area contributed by atoms with E-state index < -0.39 is 5.91 Å². The molecular formula is C25H22ClN7O3. The highest BCUT2D eigenvalue weighted by Crippen LogP contribution is 2.31. The van der Waals surface area contributed by atoms with E-state index in [0.717, 1.165) is 12.8 Å². The molecule has 0 spiro atoms. The summed E-state index contributed by atoms with van der Waals surface area (Å²) in [7, 11) is 0. The number of anilines is 1. The van der Waals surface area contributed by atoms with Gasteiger partial charge in [0.05, 0.1) is 28.0 Å². The Hall–Kier alpha value is -4.31. The number of nitrogens with zero attached hydrogens (tertiary/aromatic N) is 5. The number of carbonyl (C=O) groups excluding carboxylic acids is 2. The Labute approximate surface area is 211 Å². The number of aromatic amines is 1. The number of halogens is 1. The number of aromatic nitrogens is 5. The first-order valence-corrected chi connectivity index (χ1v) is 11.7. The summed E-state index contributed by atoms with van der Waals surface area (Å²) >= 11 is 6.46. The van der Waals surface area contributed by atoms with Crippen LogP contribution >= 0.6 is 11.6 Å². The summed E-state index contributed by atoms with van der Waals surface area (Å²) in [6.07, 6.45) is 4.63. The number of likely N-dealkylation sites (tertiary alicyclic amines) is 1. The van der Waals surface area contributed by atoms with Gasteiger partial charge in [0.15, 0.2) is 0 Å². The molecule has 4 heterocycles. The number of carbonyl (C=O) groups is 2. The molecule has 1 aromatic carbocycles. The number of nitrogens with one attached hydrogen (secondary N) is 2. The third kappa shape index (κ3) is 4.89. The Bertz CT molecular complexity index is 1420. The predicted molar refractivity (Wildman–Crippen MR) is 133 cm³/mol. The average Bonchev–Trinajstić information content (AvgIpc) is 3.63. The van der Waals surface area contributed by atoms with Crippen LogP contribution in [0.4, 0.5) is 5.69 Å². The Morgan fingerprint density at radius 3 is 2.89 bits per heavy atom. The van der Waals surface area contributed by atoms with Gasteiger partial charge < -0.3 is 14.7 Å². The molecule has 36 heavy (non-hydrogen) atoms. The minimum absolute atomic E-state index is 0.0389. The van der Waals surface area contributed by atoms with Crippen molar-refractivity contribution in [1.29, 1.82) is 0 Å². The quantitative estimate of drug-likeness (QED) is 0.375. The zero-order valence-electron chi connectivity index (χ0n) is 19.1. The van der Waals surface area contributed by atoms with Gasteiger partial charge in [-0.1, -0.05) is 29.4 Å². The van der Waals surface area contributed by atoms with E-state index in [2.05, 4.69) is 37.2 Å². The van der Waals surface area contributed by atoms with E-state index in [1.54, 1.807) is 53.6 Å². The van der Waals surface area contributed by atoms with Gasteiger partial charge in [-0.2, -0.15) is 10.1 Å².